The molecule has 1 aliphatic rings. The number of allylic oxidation sites excluding steroid dienone is 5. The van der Waals surface area contributed by atoms with Crippen LogP contribution >= 0.6 is 7.82 Å². The van der Waals surface area contributed by atoms with E-state index in [2.05, 4.69) is 50.3 Å². The molecule has 0 aliphatic carbocycles. The number of hydrogen-bond donors (Lipinski definition) is 1. The number of carbonyl (C=O) groups excluding carboxylic acids is 2. The Kier molecular flexibility index (Phi) is 34.4. The first-order valence-electron chi connectivity index (χ1n) is 23.8. The van der Waals surface area contributed by atoms with Crippen molar-refractivity contribution in [2.24, 2.45) is 0 Å². The Morgan fingerprint density at radius 1 is 0.627 bits per heavy atom. The zero-order valence-corrected chi connectivity index (χ0v) is 39.3. The number of hydrogen-bond acceptors (Lipinski definition) is 8. The van der Waals surface area contributed by atoms with Crippen molar-refractivity contribution >= 4 is 19.8 Å². The summed E-state index contributed by atoms with van der Waals surface area (Å²) in [4.78, 5) is 35.6. The van der Waals surface area contributed by atoms with Gasteiger partial charge in [-0.25, -0.2) is 4.57 Å². The molecule has 1 heterocycles. The van der Waals surface area contributed by atoms with E-state index in [0.717, 1.165) is 44.9 Å². The Morgan fingerprint density at radius 3 is 1.71 bits per heavy atom. The minimum absolute atomic E-state index is 0.0181. The molecule has 0 spiro atoms. The lowest BCUT2D eigenvalue weighted by Gasteiger charge is -2.24. The van der Waals surface area contributed by atoms with Crippen LogP contribution < -0.4 is 0 Å². The smallest absolute Gasteiger partial charge is 0.462 e. The van der Waals surface area contributed by atoms with Gasteiger partial charge in [-0.2, -0.15) is 0 Å². The van der Waals surface area contributed by atoms with Crippen molar-refractivity contribution < 1.29 is 46.8 Å². The molecule has 0 aromatic carbocycles. The predicted molar refractivity (Wildman–Crippen MR) is 242 cm³/mol. The Morgan fingerprint density at radius 2 is 1.14 bits per heavy atom. The maximum absolute atomic E-state index is 12.8. The molecule has 0 aromatic heterocycles. The summed E-state index contributed by atoms with van der Waals surface area (Å²) in [6.07, 6.45) is 43.5. The van der Waals surface area contributed by atoms with E-state index in [1.807, 2.05) is 21.1 Å². The maximum Gasteiger partial charge on any atom is 0.472 e. The number of phosphoric acid groups is 1. The third-order valence-corrected chi connectivity index (χ3v) is 11.6. The fraction of sp³-hybridized carbons (Fsp3) is 0.833. The number of carbonyl (C=O) groups is 2. The molecule has 1 rings (SSSR count). The summed E-state index contributed by atoms with van der Waals surface area (Å²) in [5.41, 5.74) is 0. The molecule has 1 saturated heterocycles. The van der Waals surface area contributed by atoms with Gasteiger partial charge in [0.2, 0.25) is 0 Å². The average Bonchev–Trinajstić information content (AvgIpc) is 3.94. The molecule has 3 unspecified atom stereocenters. The second kappa shape index (κ2) is 36.8. The van der Waals surface area contributed by atoms with Gasteiger partial charge in [0.05, 0.1) is 40.0 Å². The Labute approximate surface area is 361 Å². The van der Waals surface area contributed by atoms with Crippen LogP contribution in [0.2, 0.25) is 0 Å². The van der Waals surface area contributed by atoms with Gasteiger partial charge in [-0.15, -0.1) is 0 Å². The minimum Gasteiger partial charge on any atom is -0.462 e. The Balaban J connectivity index is 2.30. The van der Waals surface area contributed by atoms with Crippen molar-refractivity contribution in [3.63, 3.8) is 0 Å². The summed E-state index contributed by atoms with van der Waals surface area (Å²) in [7, 11) is 1.43. The summed E-state index contributed by atoms with van der Waals surface area (Å²) in [6.45, 7) is 4.32. The van der Waals surface area contributed by atoms with Gasteiger partial charge >= 0.3 is 19.8 Å². The number of unbranched alkanes of at least 4 members (excludes halogenated alkanes) is 19. The van der Waals surface area contributed by atoms with Crippen LogP contribution in [0.25, 0.3) is 0 Å². The minimum atomic E-state index is -4.40. The fourth-order valence-electron chi connectivity index (χ4n) is 6.75. The monoisotopic (exact) mass is 855 g/mol. The number of rotatable bonds is 42. The van der Waals surface area contributed by atoms with Crippen molar-refractivity contribution in [2.75, 3.05) is 47.5 Å². The number of phosphoric ester groups is 1. The standard InChI is InChI=1S/C48H88NO9P/c1-6-8-10-12-14-16-18-20-21-22-23-24-26-28-30-32-34-38-47(50)54-42-44(43-56-59(52,53)55-41-40-49(3,4)5)57-48(51)39-35-37-46-45(58-46)36-33-31-29-27-25-19-17-15-13-11-9-7-2/h15,17,25,27,31,33,44-46H,6-14,16,18-24,26,28-30,32,34-43H2,1-5H3/p+1/b17-15-,27-25-,33-31-/t44-,45?,46?/m1/s1. The second-order valence-corrected chi connectivity index (χ2v) is 19.0. The van der Waals surface area contributed by atoms with Crippen LogP contribution in [-0.2, 0) is 37.4 Å². The van der Waals surface area contributed by atoms with Crippen LogP contribution in [-0.4, -0.2) is 87.1 Å². The number of esters is 2. The molecule has 0 saturated carbocycles. The largest absolute Gasteiger partial charge is 0.472 e. The van der Waals surface area contributed by atoms with E-state index < -0.39 is 26.5 Å². The average molecular weight is 855 g/mol. The van der Waals surface area contributed by atoms with Crippen LogP contribution in [0.3, 0.4) is 0 Å². The second-order valence-electron chi connectivity index (χ2n) is 17.5. The van der Waals surface area contributed by atoms with Crippen molar-refractivity contribution in [2.45, 2.75) is 212 Å². The molecular formula is C48H89NO9P+. The van der Waals surface area contributed by atoms with E-state index in [1.54, 1.807) is 0 Å². The fourth-order valence-corrected chi connectivity index (χ4v) is 7.49. The molecule has 59 heavy (non-hydrogen) atoms. The molecule has 0 aromatic rings. The molecule has 0 bridgehead atoms. The van der Waals surface area contributed by atoms with Gasteiger partial charge in [-0.3, -0.25) is 18.6 Å². The van der Waals surface area contributed by atoms with Gasteiger partial charge in [0, 0.05) is 12.8 Å². The van der Waals surface area contributed by atoms with Crippen molar-refractivity contribution in [1.29, 1.82) is 0 Å². The Bertz CT molecular complexity index is 1170. The van der Waals surface area contributed by atoms with Crippen LogP contribution in [0.1, 0.15) is 194 Å². The van der Waals surface area contributed by atoms with E-state index >= 15 is 0 Å². The molecule has 1 aliphatic heterocycles. The predicted octanol–water partition coefficient (Wildman–Crippen LogP) is 12.7. The third-order valence-electron chi connectivity index (χ3n) is 10.6. The summed E-state index contributed by atoms with van der Waals surface area (Å²) in [5.74, 6) is -0.869. The maximum atomic E-state index is 12.8. The lowest BCUT2D eigenvalue weighted by molar-refractivity contribution is -0.870. The quantitative estimate of drug-likeness (QED) is 0.0160. The van der Waals surface area contributed by atoms with Crippen LogP contribution in [0, 0.1) is 0 Å². The van der Waals surface area contributed by atoms with Crippen LogP contribution in [0.15, 0.2) is 36.5 Å². The van der Waals surface area contributed by atoms with Crippen LogP contribution in [0.5, 0.6) is 0 Å². The number of likely N-dealkylation sites (N-methyl/N-ethyl adjacent to an activating group) is 1. The highest BCUT2D eigenvalue weighted by atomic mass is 31.2. The molecule has 0 radical (unpaired) electrons. The third kappa shape index (κ3) is 37.7. The van der Waals surface area contributed by atoms with E-state index in [0.29, 0.717) is 17.4 Å². The van der Waals surface area contributed by atoms with E-state index in [9.17, 15) is 19.0 Å². The van der Waals surface area contributed by atoms with Gasteiger partial charge in [-0.05, 0) is 51.4 Å². The summed E-state index contributed by atoms with van der Waals surface area (Å²) >= 11 is 0. The first kappa shape index (κ1) is 55.2. The highest BCUT2D eigenvalue weighted by molar-refractivity contribution is 7.47. The number of nitrogens with zero attached hydrogens (tertiary/aromatic N) is 1. The molecule has 11 heteroatoms. The van der Waals surface area contributed by atoms with Gasteiger partial charge in [-0.1, -0.05) is 166 Å². The zero-order chi connectivity index (χ0) is 43.3. The first-order valence-corrected chi connectivity index (χ1v) is 25.3. The van der Waals surface area contributed by atoms with Gasteiger partial charge < -0.3 is 23.6 Å². The molecule has 344 valence electrons. The number of ether oxygens (including phenoxy) is 3. The lowest BCUT2D eigenvalue weighted by atomic mass is 10.0. The summed E-state index contributed by atoms with van der Waals surface area (Å²) < 4.78 is 40.2. The molecule has 1 N–H and O–H groups in total. The van der Waals surface area contributed by atoms with Crippen molar-refractivity contribution in [3.05, 3.63) is 36.5 Å². The normalized spacial score (nSPS) is 17.3. The molecule has 10 nitrogen and oxygen atoms in total. The topological polar surface area (TPSA) is 121 Å². The molecule has 0 amide bonds. The highest BCUT2D eigenvalue weighted by Gasteiger charge is 2.37. The van der Waals surface area contributed by atoms with E-state index in [1.165, 1.54) is 116 Å². The van der Waals surface area contributed by atoms with Gasteiger partial charge in [0.1, 0.15) is 19.8 Å². The van der Waals surface area contributed by atoms with Crippen molar-refractivity contribution in [3.8, 4) is 0 Å². The Hall–Kier alpha value is -1.81. The summed E-state index contributed by atoms with van der Waals surface area (Å²) in [6, 6.07) is 0. The van der Waals surface area contributed by atoms with Gasteiger partial charge in [0.25, 0.3) is 0 Å². The SMILES string of the molecule is CCCCC/C=C\C/C=C\C/C=C\CC1OC1CCCC(=O)O[C@H](COC(=O)CCCCCCCCCCCCCCCCCCC)COP(=O)(O)OCC[N+](C)(C)C. The first-order chi connectivity index (χ1) is 28.5. The zero-order valence-electron chi connectivity index (χ0n) is 38.4. The van der Waals surface area contributed by atoms with E-state index in [-0.39, 0.29) is 44.2 Å². The van der Waals surface area contributed by atoms with Gasteiger partial charge in [0.15, 0.2) is 6.10 Å². The summed E-state index contributed by atoms with van der Waals surface area (Å²) in [5, 5.41) is 0. The molecule has 4 atom stereocenters. The number of quaternary nitrogens is 1. The number of epoxide rings is 1. The molecular weight excluding hydrogens is 766 g/mol. The van der Waals surface area contributed by atoms with E-state index in [4.69, 9.17) is 23.3 Å². The lowest BCUT2D eigenvalue weighted by Crippen LogP contribution is -2.37. The van der Waals surface area contributed by atoms with Crippen molar-refractivity contribution in [1.82, 2.24) is 0 Å². The van der Waals surface area contributed by atoms with Crippen LogP contribution in [0.4, 0.5) is 0 Å². The highest BCUT2D eigenvalue weighted by Crippen LogP contribution is 2.43. The molecule has 1 fully saturated rings.